The second-order valence-corrected chi connectivity index (χ2v) is 6.29. The number of hydrogen-bond donors (Lipinski definition) is 1. The van der Waals surface area contributed by atoms with E-state index in [1.807, 2.05) is 29.6 Å². The summed E-state index contributed by atoms with van der Waals surface area (Å²) in [6.07, 6.45) is 0.186. The van der Waals surface area contributed by atoms with Crippen LogP contribution in [0.2, 0.25) is 5.02 Å². The molecule has 1 amide bonds. The Morgan fingerprint density at radius 2 is 1.96 bits per heavy atom. The molecular weight excluding hydrogens is 334 g/mol. The van der Waals surface area contributed by atoms with Crippen molar-refractivity contribution in [2.45, 2.75) is 25.8 Å². The predicted octanol–water partition coefficient (Wildman–Crippen LogP) is 3.95. The predicted molar refractivity (Wildman–Crippen MR) is 91.6 cm³/mol. The number of thiophene rings is 1. The largest absolute Gasteiger partial charge is 0.466 e. The molecule has 0 aliphatic rings. The Hall–Kier alpha value is -1.85. The minimum absolute atomic E-state index is 0.0808. The molecule has 6 heteroatoms. The van der Waals surface area contributed by atoms with E-state index in [9.17, 15) is 9.59 Å². The Morgan fingerprint density at radius 1 is 1.22 bits per heavy atom. The first-order valence-electron chi connectivity index (χ1n) is 7.34. The fourth-order valence-electron chi connectivity index (χ4n) is 2.11. The highest BCUT2D eigenvalue weighted by atomic mass is 35.5. The first-order valence-corrected chi connectivity index (χ1v) is 8.59. The van der Waals surface area contributed by atoms with Gasteiger partial charge in [-0.3, -0.25) is 9.59 Å². The minimum Gasteiger partial charge on any atom is -0.466 e. The van der Waals surface area contributed by atoms with Crippen LogP contribution in [0.15, 0.2) is 41.8 Å². The smallest absolute Gasteiger partial charge is 0.306 e. The number of ether oxygens (including phenoxy) is 1. The molecule has 0 aliphatic carbocycles. The van der Waals surface area contributed by atoms with Gasteiger partial charge in [0.1, 0.15) is 0 Å². The van der Waals surface area contributed by atoms with Crippen molar-refractivity contribution in [2.75, 3.05) is 6.61 Å². The van der Waals surface area contributed by atoms with Crippen molar-refractivity contribution in [1.82, 2.24) is 5.32 Å². The zero-order valence-electron chi connectivity index (χ0n) is 12.8. The summed E-state index contributed by atoms with van der Waals surface area (Å²) in [7, 11) is 0. The lowest BCUT2D eigenvalue weighted by Gasteiger charge is -2.18. The number of carbonyl (C=O) groups excluding carboxylic acids is 2. The Bertz CT molecular complexity index is 640. The van der Waals surface area contributed by atoms with Crippen molar-refractivity contribution in [2.24, 2.45) is 0 Å². The van der Waals surface area contributed by atoms with E-state index >= 15 is 0 Å². The van der Waals surface area contributed by atoms with E-state index in [4.69, 9.17) is 16.3 Å². The second kappa shape index (κ2) is 8.70. The van der Waals surface area contributed by atoms with Crippen LogP contribution in [0, 0.1) is 0 Å². The molecular formula is C17H18ClNO3S. The van der Waals surface area contributed by atoms with Gasteiger partial charge in [0.2, 0.25) is 5.91 Å². The Morgan fingerprint density at radius 3 is 2.57 bits per heavy atom. The van der Waals surface area contributed by atoms with Crippen LogP contribution in [0.25, 0.3) is 0 Å². The number of benzene rings is 1. The van der Waals surface area contributed by atoms with Crippen LogP contribution >= 0.6 is 22.9 Å². The summed E-state index contributed by atoms with van der Waals surface area (Å²) < 4.78 is 4.84. The Balaban J connectivity index is 2.05. The van der Waals surface area contributed by atoms with E-state index < -0.39 is 0 Å². The van der Waals surface area contributed by atoms with Crippen LogP contribution in [0.5, 0.6) is 0 Å². The molecule has 1 aromatic heterocycles. The zero-order valence-corrected chi connectivity index (χ0v) is 14.3. The van der Waals surface area contributed by atoms with E-state index in [-0.39, 0.29) is 30.8 Å². The molecule has 0 unspecified atom stereocenters. The number of amides is 1. The molecule has 1 atom stereocenters. The van der Waals surface area contributed by atoms with Gasteiger partial charge in [0.05, 0.1) is 19.1 Å². The van der Waals surface area contributed by atoms with E-state index in [0.29, 0.717) is 11.6 Å². The first kappa shape index (κ1) is 17.5. The molecule has 1 aromatic carbocycles. The van der Waals surface area contributed by atoms with Crippen molar-refractivity contribution in [1.29, 1.82) is 0 Å². The molecule has 23 heavy (non-hydrogen) atoms. The van der Waals surface area contributed by atoms with Gasteiger partial charge < -0.3 is 10.1 Å². The maximum Gasteiger partial charge on any atom is 0.306 e. The lowest BCUT2D eigenvalue weighted by atomic mass is 10.1. The van der Waals surface area contributed by atoms with Crippen LogP contribution in [0.4, 0.5) is 0 Å². The summed E-state index contributed by atoms with van der Waals surface area (Å²) in [6, 6.07) is 11.0. The highest BCUT2D eigenvalue weighted by Gasteiger charge is 2.18. The Labute approximate surface area is 144 Å². The van der Waals surface area contributed by atoms with Crippen molar-refractivity contribution < 1.29 is 14.3 Å². The van der Waals surface area contributed by atoms with Crippen LogP contribution < -0.4 is 5.32 Å². The summed E-state index contributed by atoms with van der Waals surface area (Å²) in [4.78, 5) is 24.5. The summed E-state index contributed by atoms with van der Waals surface area (Å²) in [5, 5.41) is 5.58. The average Bonchev–Trinajstić information content (AvgIpc) is 3.06. The maximum absolute atomic E-state index is 12.2. The summed E-state index contributed by atoms with van der Waals surface area (Å²) in [6.45, 7) is 2.06. The molecule has 2 aromatic rings. The van der Waals surface area contributed by atoms with Crippen LogP contribution in [-0.4, -0.2) is 18.5 Å². The van der Waals surface area contributed by atoms with Gasteiger partial charge in [0.25, 0.3) is 0 Å². The van der Waals surface area contributed by atoms with Crippen molar-refractivity contribution in [3.63, 3.8) is 0 Å². The molecule has 1 N–H and O–H groups in total. The lowest BCUT2D eigenvalue weighted by Crippen LogP contribution is -2.29. The van der Waals surface area contributed by atoms with Crippen molar-refractivity contribution in [3.8, 4) is 0 Å². The number of hydrogen-bond acceptors (Lipinski definition) is 4. The minimum atomic E-state index is -0.359. The number of nitrogens with one attached hydrogen (secondary N) is 1. The van der Waals surface area contributed by atoms with Crippen molar-refractivity contribution in [3.05, 3.63) is 57.2 Å². The van der Waals surface area contributed by atoms with E-state index in [1.165, 1.54) is 0 Å². The van der Waals surface area contributed by atoms with Gasteiger partial charge in [0, 0.05) is 16.3 Å². The third-order valence-corrected chi connectivity index (χ3v) is 4.39. The van der Waals surface area contributed by atoms with Crippen LogP contribution in [0.3, 0.4) is 0 Å². The zero-order chi connectivity index (χ0) is 16.7. The number of halogens is 1. The van der Waals surface area contributed by atoms with Gasteiger partial charge in [-0.25, -0.2) is 0 Å². The van der Waals surface area contributed by atoms with Gasteiger partial charge in [-0.2, -0.15) is 0 Å². The molecule has 1 heterocycles. The van der Waals surface area contributed by atoms with Gasteiger partial charge >= 0.3 is 5.97 Å². The summed E-state index contributed by atoms with van der Waals surface area (Å²) >= 11 is 7.49. The molecule has 0 saturated carbocycles. The SMILES string of the molecule is CCOC(=O)CCC(=O)N[C@@H](c1ccc(Cl)cc1)c1cccs1. The fraction of sp³-hybridized carbons (Fsp3) is 0.294. The molecule has 0 fully saturated rings. The van der Waals surface area contributed by atoms with Crippen LogP contribution in [-0.2, 0) is 14.3 Å². The molecule has 0 aliphatic heterocycles. The van der Waals surface area contributed by atoms with E-state index in [2.05, 4.69) is 5.32 Å². The normalized spacial score (nSPS) is 11.7. The molecule has 0 spiro atoms. The molecule has 2 rings (SSSR count). The summed E-state index contributed by atoms with van der Waals surface area (Å²) in [5.41, 5.74) is 0.946. The molecule has 0 bridgehead atoms. The van der Waals surface area contributed by atoms with Gasteiger partial charge in [-0.05, 0) is 36.1 Å². The monoisotopic (exact) mass is 351 g/mol. The van der Waals surface area contributed by atoms with Gasteiger partial charge in [-0.15, -0.1) is 11.3 Å². The lowest BCUT2D eigenvalue weighted by molar-refractivity contribution is -0.144. The number of rotatable bonds is 7. The highest BCUT2D eigenvalue weighted by molar-refractivity contribution is 7.10. The molecule has 4 nitrogen and oxygen atoms in total. The Kier molecular flexibility index (Phi) is 6.62. The van der Waals surface area contributed by atoms with Gasteiger partial charge in [-0.1, -0.05) is 29.8 Å². The quantitative estimate of drug-likeness (QED) is 0.768. The average molecular weight is 352 g/mol. The third-order valence-electron chi connectivity index (χ3n) is 3.20. The first-order chi connectivity index (χ1) is 11.1. The highest BCUT2D eigenvalue weighted by Crippen LogP contribution is 2.27. The molecule has 0 radical (unpaired) electrons. The van der Waals surface area contributed by atoms with E-state index in [0.717, 1.165) is 10.4 Å². The second-order valence-electron chi connectivity index (χ2n) is 4.87. The molecule has 0 saturated heterocycles. The topological polar surface area (TPSA) is 55.4 Å². The fourth-order valence-corrected chi connectivity index (χ4v) is 3.04. The van der Waals surface area contributed by atoms with Crippen molar-refractivity contribution >= 4 is 34.8 Å². The van der Waals surface area contributed by atoms with Gasteiger partial charge in [0.15, 0.2) is 0 Å². The maximum atomic E-state index is 12.2. The molecule has 122 valence electrons. The van der Waals surface area contributed by atoms with Crippen LogP contribution in [0.1, 0.15) is 36.2 Å². The number of esters is 1. The third kappa shape index (κ3) is 5.37. The summed E-state index contributed by atoms with van der Waals surface area (Å²) in [5.74, 6) is -0.548. The number of carbonyl (C=O) groups is 2. The standard InChI is InChI=1S/C17H18ClNO3S/c1-2-22-16(21)10-9-15(20)19-17(14-4-3-11-23-14)12-5-7-13(18)8-6-12/h3-8,11,17H,2,9-10H2,1H3,(H,19,20)/t17-/m0/s1. The van der Waals surface area contributed by atoms with E-state index in [1.54, 1.807) is 30.4 Å².